The van der Waals surface area contributed by atoms with Gasteiger partial charge in [-0.3, -0.25) is 9.59 Å². The molecule has 1 aromatic rings. The standard InChI is InChI=1S/C11H10ClNO3/c1-16-6-5-13-8-4-2-3-7(12)9(8)10(14)11(13)15/h2-4H,5-6H2,1H3. The van der Waals surface area contributed by atoms with E-state index in [0.717, 1.165) is 0 Å². The maximum absolute atomic E-state index is 11.7. The Kier molecular flexibility index (Phi) is 2.94. The minimum atomic E-state index is -0.545. The monoisotopic (exact) mass is 239 g/mol. The van der Waals surface area contributed by atoms with Crippen LogP contribution in [0.5, 0.6) is 0 Å². The van der Waals surface area contributed by atoms with Crippen molar-refractivity contribution >= 4 is 29.0 Å². The quantitative estimate of drug-likeness (QED) is 0.752. The van der Waals surface area contributed by atoms with Crippen LogP contribution in [0.1, 0.15) is 10.4 Å². The molecule has 1 heterocycles. The van der Waals surface area contributed by atoms with Gasteiger partial charge >= 0.3 is 0 Å². The van der Waals surface area contributed by atoms with Crippen LogP contribution >= 0.6 is 11.6 Å². The summed E-state index contributed by atoms with van der Waals surface area (Å²) in [4.78, 5) is 24.8. The first kappa shape index (κ1) is 11.1. The van der Waals surface area contributed by atoms with Crippen molar-refractivity contribution in [2.45, 2.75) is 0 Å². The molecule has 0 aliphatic carbocycles. The predicted molar refractivity (Wildman–Crippen MR) is 60.0 cm³/mol. The normalized spacial score (nSPS) is 14.5. The average Bonchev–Trinajstić information content (AvgIpc) is 2.51. The van der Waals surface area contributed by atoms with E-state index in [2.05, 4.69) is 0 Å². The summed E-state index contributed by atoms with van der Waals surface area (Å²) in [5.41, 5.74) is 0.866. The highest BCUT2D eigenvalue weighted by atomic mass is 35.5. The number of fused-ring (bicyclic) bond motifs is 1. The molecule has 0 atom stereocenters. The molecule has 1 aliphatic heterocycles. The Morgan fingerprint density at radius 1 is 1.38 bits per heavy atom. The second kappa shape index (κ2) is 4.23. The lowest BCUT2D eigenvalue weighted by Crippen LogP contribution is -2.32. The van der Waals surface area contributed by atoms with Crippen LogP contribution in [0.3, 0.4) is 0 Å². The van der Waals surface area contributed by atoms with Crippen molar-refractivity contribution in [3.8, 4) is 0 Å². The van der Waals surface area contributed by atoms with Gasteiger partial charge in [-0.05, 0) is 12.1 Å². The van der Waals surface area contributed by atoms with E-state index in [-0.39, 0.29) is 0 Å². The van der Waals surface area contributed by atoms with E-state index in [1.165, 1.54) is 4.90 Å². The van der Waals surface area contributed by atoms with Crippen molar-refractivity contribution in [3.63, 3.8) is 0 Å². The number of ether oxygens (including phenoxy) is 1. The van der Waals surface area contributed by atoms with Crippen molar-refractivity contribution in [3.05, 3.63) is 28.8 Å². The van der Waals surface area contributed by atoms with Gasteiger partial charge in [0, 0.05) is 13.7 Å². The summed E-state index contributed by atoms with van der Waals surface area (Å²) < 4.78 is 4.89. The summed E-state index contributed by atoms with van der Waals surface area (Å²) in [6, 6.07) is 5.03. The molecule has 1 amide bonds. The van der Waals surface area contributed by atoms with Gasteiger partial charge in [-0.2, -0.15) is 0 Å². The maximum Gasteiger partial charge on any atom is 0.299 e. The Balaban J connectivity index is 2.42. The van der Waals surface area contributed by atoms with Gasteiger partial charge < -0.3 is 9.64 Å². The van der Waals surface area contributed by atoms with Gasteiger partial charge in [0.25, 0.3) is 11.7 Å². The molecule has 0 saturated heterocycles. The third kappa shape index (κ3) is 1.60. The first-order valence-corrected chi connectivity index (χ1v) is 5.18. The van der Waals surface area contributed by atoms with Gasteiger partial charge in [0.2, 0.25) is 0 Å². The third-order valence-corrected chi connectivity index (χ3v) is 2.78. The lowest BCUT2D eigenvalue weighted by molar-refractivity contribution is -0.114. The molecule has 0 N–H and O–H groups in total. The summed E-state index contributed by atoms with van der Waals surface area (Å²) in [5, 5.41) is 0.316. The van der Waals surface area contributed by atoms with Crippen molar-refractivity contribution in [2.24, 2.45) is 0 Å². The van der Waals surface area contributed by atoms with Gasteiger partial charge in [0.15, 0.2) is 0 Å². The molecular weight excluding hydrogens is 230 g/mol. The molecule has 84 valence electrons. The van der Waals surface area contributed by atoms with Crippen LogP contribution in [-0.4, -0.2) is 32.0 Å². The Labute approximate surface area is 97.7 Å². The molecule has 0 spiro atoms. The zero-order valence-electron chi connectivity index (χ0n) is 8.70. The molecule has 0 aromatic heterocycles. The number of rotatable bonds is 3. The number of benzene rings is 1. The minimum Gasteiger partial charge on any atom is -0.383 e. The predicted octanol–water partition coefficient (Wildman–Crippen LogP) is 1.52. The molecule has 0 unspecified atom stereocenters. The Hall–Kier alpha value is -1.39. The van der Waals surface area contributed by atoms with Crippen molar-refractivity contribution in [1.82, 2.24) is 0 Å². The zero-order valence-corrected chi connectivity index (χ0v) is 9.45. The topological polar surface area (TPSA) is 46.6 Å². The minimum absolute atomic E-state index is 0.297. The second-order valence-electron chi connectivity index (χ2n) is 3.41. The van der Waals surface area contributed by atoms with Gasteiger partial charge in [0.05, 0.1) is 22.9 Å². The number of halogens is 1. The van der Waals surface area contributed by atoms with E-state index in [9.17, 15) is 9.59 Å². The molecule has 0 radical (unpaired) electrons. The summed E-state index contributed by atoms with van der Waals surface area (Å²) in [5.74, 6) is -1.09. The van der Waals surface area contributed by atoms with Gasteiger partial charge in [-0.15, -0.1) is 0 Å². The van der Waals surface area contributed by atoms with Gasteiger partial charge in [-0.1, -0.05) is 17.7 Å². The van der Waals surface area contributed by atoms with Crippen LogP contribution in [0.15, 0.2) is 18.2 Å². The lowest BCUT2D eigenvalue weighted by atomic mass is 10.1. The van der Waals surface area contributed by atoms with E-state index in [0.29, 0.717) is 29.4 Å². The SMILES string of the molecule is COCCN1C(=O)C(=O)c2c(Cl)cccc21. The zero-order chi connectivity index (χ0) is 11.7. The van der Waals surface area contributed by atoms with Crippen LogP contribution in [0.4, 0.5) is 5.69 Å². The smallest absolute Gasteiger partial charge is 0.299 e. The largest absolute Gasteiger partial charge is 0.383 e. The Morgan fingerprint density at radius 3 is 2.81 bits per heavy atom. The summed E-state index contributed by atoms with van der Waals surface area (Å²) in [6.45, 7) is 0.736. The first-order chi connectivity index (χ1) is 7.66. The summed E-state index contributed by atoms with van der Waals surface area (Å²) in [7, 11) is 1.54. The number of amides is 1. The third-order valence-electron chi connectivity index (χ3n) is 2.47. The van der Waals surface area contributed by atoms with Crippen LogP contribution in [0, 0.1) is 0 Å². The molecule has 1 aromatic carbocycles. The number of hydrogen-bond donors (Lipinski definition) is 0. The Bertz CT molecular complexity index is 459. The summed E-state index contributed by atoms with van der Waals surface area (Å²) >= 11 is 5.90. The molecule has 2 rings (SSSR count). The lowest BCUT2D eigenvalue weighted by Gasteiger charge is -2.15. The van der Waals surface area contributed by atoms with E-state index in [1.807, 2.05) is 0 Å². The molecule has 4 nitrogen and oxygen atoms in total. The van der Waals surface area contributed by atoms with E-state index < -0.39 is 11.7 Å². The fraction of sp³-hybridized carbons (Fsp3) is 0.273. The highest BCUT2D eigenvalue weighted by Gasteiger charge is 2.36. The molecule has 1 aliphatic rings. The number of hydrogen-bond acceptors (Lipinski definition) is 3. The maximum atomic E-state index is 11.7. The van der Waals surface area contributed by atoms with Crippen molar-refractivity contribution in [2.75, 3.05) is 25.2 Å². The number of methoxy groups -OCH3 is 1. The highest BCUT2D eigenvalue weighted by Crippen LogP contribution is 2.33. The molecule has 0 bridgehead atoms. The summed E-state index contributed by atoms with van der Waals surface area (Å²) in [6.07, 6.45) is 0. The molecule has 0 saturated carbocycles. The number of carbonyl (C=O) groups is 2. The van der Waals surface area contributed by atoms with Crippen LogP contribution in [-0.2, 0) is 9.53 Å². The van der Waals surface area contributed by atoms with E-state index in [4.69, 9.17) is 16.3 Å². The molecule has 16 heavy (non-hydrogen) atoms. The fourth-order valence-corrected chi connectivity index (χ4v) is 1.96. The van der Waals surface area contributed by atoms with Gasteiger partial charge in [-0.25, -0.2) is 0 Å². The number of anilines is 1. The number of ketones is 1. The fourth-order valence-electron chi connectivity index (χ4n) is 1.71. The molecule has 0 fully saturated rings. The number of Topliss-reactive ketones (excluding diaryl/α,β-unsaturated/α-hetero) is 1. The highest BCUT2D eigenvalue weighted by molar-refractivity contribution is 6.55. The van der Waals surface area contributed by atoms with Gasteiger partial charge in [0.1, 0.15) is 0 Å². The Morgan fingerprint density at radius 2 is 2.12 bits per heavy atom. The van der Waals surface area contributed by atoms with Crippen LogP contribution < -0.4 is 4.90 Å². The van der Waals surface area contributed by atoms with Crippen molar-refractivity contribution in [1.29, 1.82) is 0 Å². The second-order valence-corrected chi connectivity index (χ2v) is 3.82. The first-order valence-electron chi connectivity index (χ1n) is 4.80. The average molecular weight is 240 g/mol. The number of nitrogens with zero attached hydrogens (tertiary/aromatic N) is 1. The molecular formula is C11H10ClNO3. The van der Waals surface area contributed by atoms with Crippen LogP contribution in [0.25, 0.3) is 0 Å². The van der Waals surface area contributed by atoms with E-state index in [1.54, 1.807) is 25.3 Å². The van der Waals surface area contributed by atoms with E-state index >= 15 is 0 Å². The van der Waals surface area contributed by atoms with Crippen molar-refractivity contribution < 1.29 is 14.3 Å². The molecule has 5 heteroatoms. The van der Waals surface area contributed by atoms with Crippen LogP contribution in [0.2, 0.25) is 5.02 Å². The number of carbonyl (C=O) groups excluding carboxylic acids is 2.